The number of nitrogens with zero attached hydrogens (tertiary/aromatic N) is 3. The van der Waals surface area contributed by atoms with Crippen molar-refractivity contribution in [3.63, 3.8) is 0 Å². The number of hydrogen-bond donors (Lipinski definition) is 4. The quantitative estimate of drug-likeness (QED) is 0.215. The molecule has 0 aliphatic carbocycles. The first-order valence-corrected chi connectivity index (χ1v) is 11.9. The number of amides is 2. The van der Waals surface area contributed by atoms with Crippen molar-refractivity contribution in [1.82, 2.24) is 25.3 Å². The molecule has 2 aromatic heterocycles. The van der Waals surface area contributed by atoms with Gasteiger partial charge in [-0.2, -0.15) is 0 Å². The van der Waals surface area contributed by atoms with Crippen molar-refractivity contribution >= 4 is 29.4 Å². The van der Waals surface area contributed by atoms with Crippen LogP contribution in [-0.2, 0) is 24.2 Å². The van der Waals surface area contributed by atoms with Gasteiger partial charge in [0.1, 0.15) is 11.5 Å². The lowest BCUT2D eigenvalue weighted by Crippen LogP contribution is -2.41. The normalized spacial score (nSPS) is 11.6. The maximum Gasteiger partial charge on any atom is 0.335 e. The summed E-state index contributed by atoms with van der Waals surface area (Å²) in [6.45, 7) is 2.30. The summed E-state index contributed by atoms with van der Waals surface area (Å²) < 4.78 is 1.72. The third kappa shape index (κ3) is 7.12. The number of hydroxylamine groups is 1. The summed E-state index contributed by atoms with van der Waals surface area (Å²) in [6, 6.07) is 9.27. The highest BCUT2D eigenvalue weighted by Gasteiger charge is 2.25. The first-order valence-electron chi connectivity index (χ1n) is 11.5. The fourth-order valence-electron chi connectivity index (χ4n) is 3.82. The molecule has 0 saturated carbocycles. The monoisotopic (exact) mass is 513 g/mol. The zero-order valence-corrected chi connectivity index (χ0v) is 20.5. The summed E-state index contributed by atoms with van der Waals surface area (Å²) in [6.07, 6.45) is 5.76. The van der Waals surface area contributed by atoms with E-state index in [1.807, 2.05) is 6.92 Å². The van der Waals surface area contributed by atoms with Gasteiger partial charge in [0.2, 0.25) is 5.91 Å². The molecule has 2 amide bonds. The highest BCUT2D eigenvalue weighted by atomic mass is 35.5. The highest BCUT2D eigenvalue weighted by Crippen LogP contribution is 2.22. The minimum Gasteiger partial charge on any atom is -0.478 e. The lowest BCUT2D eigenvalue weighted by Gasteiger charge is -2.19. The molecule has 0 aliphatic heterocycles. The summed E-state index contributed by atoms with van der Waals surface area (Å²) in [4.78, 5) is 44.9. The Bertz CT molecular complexity index is 1200. The van der Waals surface area contributed by atoms with Gasteiger partial charge in [0.15, 0.2) is 5.15 Å². The fourth-order valence-corrected chi connectivity index (χ4v) is 4.10. The van der Waals surface area contributed by atoms with Gasteiger partial charge in [-0.3, -0.25) is 19.8 Å². The SMILES string of the molecule is CCCCc1nc(Cl)c(C(=O)NC(CC(=O)NO)Cc2ccncc2)n1Cc1ccc(C(=O)O)cc1. The molecular weight excluding hydrogens is 486 g/mol. The Morgan fingerprint density at radius 1 is 1.08 bits per heavy atom. The topological polar surface area (TPSA) is 146 Å². The van der Waals surface area contributed by atoms with Crippen LogP contribution in [0.5, 0.6) is 0 Å². The minimum atomic E-state index is -1.02. The summed E-state index contributed by atoms with van der Waals surface area (Å²) in [5, 5.41) is 21.1. The van der Waals surface area contributed by atoms with Gasteiger partial charge in [-0.25, -0.2) is 15.3 Å². The summed E-state index contributed by atoms with van der Waals surface area (Å²) >= 11 is 6.44. The van der Waals surface area contributed by atoms with Crippen LogP contribution in [0.15, 0.2) is 48.8 Å². The predicted molar refractivity (Wildman–Crippen MR) is 132 cm³/mol. The Morgan fingerprint density at radius 3 is 2.39 bits per heavy atom. The van der Waals surface area contributed by atoms with Crippen LogP contribution in [-0.4, -0.2) is 48.7 Å². The van der Waals surface area contributed by atoms with E-state index in [1.54, 1.807) is 46.7 Å². The van der Waals surface area contributed by atoms with E-state index in [4.69, 9.17) is 21.9 Å². The molecule has 4 N–H and O–H groups in total. The van der Waals surface area contributed by atoms with Crippen molar-refractivity contribution in [2.75, 3.05) is 0 Å². The summed E-state index contributed by atoms with van der Waals surface area (Å²) in [7, 11) is 0. The van der Waals surface area contributed by atoms with E-state index in [0.717, 1.165) is 24.0 Å². The van der Waals surface area contributed by atoms with Gasteiger partial charge in [0.05, 0.1) is 5.56 Å². The van der Waals surface area contributed by atoms with Gasteiger partial charge in [-0.1, -0.05) is 37.1 Å². The van der Waals surface area contributed by atoms with E-state index < -0.39 is 23.8 Å². The number of pyridine rings is 1. The lowest BCUT2D eigenvalue weighted by atomic mass is 10.0. The van der Waals surface area contributed by atoms with Crippen molar-refractivity contribution in [2.45, 2.75) is 51.6 Å². The molecule has 1 aromatic carbocycles. The molecule has 0 aliphatic rings. The van der Waals surface area contributed by atoms with Gasteiger partial charge in [0, 0.05) is 37.8 Å². The molecule has 0 radical (unpaired) electrons. The molecule has 0 fully saturated rings. The molecule has 36 heavy (non-hydrogen) atoms. The van der Waals surface area contributed by atoms with Gasteiger partial charge >= 0.3 is 5.97 Å². The van der Waals surface area contributed by atoms with E-state index >= 15 is 0 Å². The van der Waals surface area contributed by atoms with Crippen LogP contribution in [0.1, 0.15) is 64.0 Å². The van der Waals surface area contributed by atoms with E-state index in [1.165, 1.54) is 12.1 Å². The Balaban J connectivity index is 1.91. The smallest absolute Gasteiger partial charge is 0.335 e. The Labute approximate surface area is 213 Å². The summed E-state index contributed by atoms with van der Waals surface area (Å²) in [5.74, 6) is -1.55. The molecule has 3 rings (SSSR count). The van der Waals surface area contributed by atoms with E-state index in [-0.39, 0.29) is 29.4 Å². The number of carboxylic acid groups (broad SMARTS) is 1. The number of aromatic nitrogens is 3. The second-order valence-electron chi connectivity index (χ2n) is 8.33. The molecule has 0 bridgehead atoms. The fraction of sp³-hybridized carbons (Fsp3) is 0.320. The molecule has 190 valence electrons. The van der Waals surface area contributed by atoms with Gasteiger partial charge < -0.3 is 15.0 Å². The molecule has 0 saturated heterocycles. The van der Waals surface area contributed by atoms with Crippen LogP contribution < -0.4 is 10.8 Å². The largest absolute Gasteiger partial charge is 0.478 e. The minimum absolute atomic E-state index is 0.0371. The van der Waals surface area contributed by atoms with Crippen LogP contribution >= 0.6 is 11.6 Å². The van der Waals surface area contributed by atoms with Crippen LogP contribution in [0.2, 0.25) is 5.15 Å². The standard InChI is InChI=1S/C25H28ClN5O5/c1-2-3-4-20-29-23(26)22(31(20)15-17-5-7-18(8-6-17)25(34)35)24(33)28-19(14-21(32)30-36)13-16-9-11-27-12-10-16/h5-12,19,36H,2-4,13-15H2,1H3,(H,28,33)(H,30,32)(H,34,35). The number of carbonyl (C=O) groups excluding carboxylic acids is 2. The first kappa shape index (κ1) is 26.8. The van der Waals surface area contributed by atoms with Crippen molar-refractivity contribution in [3.05, 3.63) is 82.2 Å². The number of imidazole rings is 1. The van der Waals surface area contributed by atoms with Crippen molar-refractivity contribution in [3.8, 4) is 0 Å². The van der Waals surface area contributed by atoms with Crippen molar-refractivity contribution in [2.24, 2.45) is 0 Å². The van der Waals surface area contributed by atoms with E-state index in [2.05, 4.69) is 15.3 Å². The molecule has 0 spiro atoms. The first-order chi connectivity index (χ1) is 17.3. The average molecular weight is 514 g/mol. The lowest BCUT2D eigenvalue weighted by molar-refractivity contribution is -0.129. The molecule has 10 nitrogen and oxygen atoms in total. The third-order valence-electron chi connectivity index (χ3n) is 5.64. The van der Waals surface area contributed by atoms with Crippen molar-refractivity contribution in [1.29, 1.82) is 0 Å². The second-order valence-corrected chi connectivity index (χ2v) is 8.69. The number of carbonyl (C=O) groups is 3. The molecule has 11 heteroatoms. The second kappa shape index (κ2) is 12.8. The number of aryl methyl sites for hydroxylation is 1. The number of hydrogen-bond acceptors (Lipinski definition) is 6. The van der Waals surface area contributed by atoms with E-state index in [9.17, 15) is 14.4 Å². The van der Waals surface area contributed by atoms with Crippen molar-refractivity contribution < 1.29 is 24.7 Å². The van der Waals surface area contributed by atoms with Gasteiger partial charge in [-0.05, 0) is 48.2 Å². The van der Waals surface area contributed by atoms with Gasteiger partial charge in [-0.15, -0.1) is 0 Å². The maximum absolute atomic E-state index is 13.4. The molecule has 3 aromatic rings. The molecule has 1 atom stereocenters. The average Bonchev–Trinajstić information content (AvgIpc) is 3.17. The number of aromatic carboxylic acids is 1. The highest BCUT2D eigenvalue weighted by molar-refractivity contribution is 6.32. The maximum atomic E-state index is 13.4. The van der Waals surface area contributed by atoms with Gasteiger partial charge in [0.25, 0.3) is 5.91 Å². The van der Waals surface area contributed by atoms with Crippen LogP contribution in [0.3, 0.4) is 0 Å². The molecular formula is C25H28ClN5O5. The molecule has 2 heterocycles. The third-order valence-corrected chi connectivity index (χ3v) is 5.90. The molecule has 1 unspecified atom stereocenters. The predicted octanol–water partition coefficient (Wildman–Crippen LogP) is 3.26. The number of unbranched alkanes of at least 4 members (excludes halogenated alkanes) is 1. The van der Waals surface area contributed by atoms with Crippen LogP contribution in [0, 0.1) is 0 Å². The Hall–Kier alpha value is -3.76. The summed E-state index contributed by atoms with van der Waals surface area (Å²) in [5.41, 5.74) is 3.53. The number of halogens is 1. The Kier molecular flexibility index (Phi) is 9.54. The van der Waals surface area contributed by atoms with Crippen LogP contribution in [0.4, 0.5) is 0 Å². The number of carboxylic acids is 1. The zero-order valence-electron chi connectivity index (χ0n) is 19.8. The number of benzene rings is 1. The van der Waals surface area contributed by atoms with Crippen LogP contribution in [0.25, 0.3) is 0 Å². The number of nitrogens with one attached hydrogen (secondary N) is 2. The Morgan fingerprint density at radius 2 is 1.78 bits per heavy atom. The zero-order chi connectivity index (χ0) is 26.1. The van der Waals surface area contributed by atoms with E-state index in [0.29, 0.717) is 18.7 Å². The number of rotatable bonds is 12.